The molecule has 0 radical (unpaired) electrons. The summed E-state index contributed by atoms with van der Waals surface area (Å²) in [5.74, 6) is -0.892. The Kier molecular flexibility index (Phi) is 36.5. The van der Waals surface area contributed by atoms with E-state index in [2.05, 4.69) is 32.9 Å². The summed E-state index contributed by atoms with van der Waals surface area (Å²) in [4.78, 5) is 37.3. The molecule has 0 bridgehead atoms. The molecular weight excluding hydrogens is 600 g/mol. The molecule has 0 aromatic carbocycles. The van der Waals surface area contributed by atoms with E-state index in [0.717, 1.165) is 70.6 Å². The normalized spacial score (nSPS) is 12.0. The first-order valence-electron chi connectivity index (χ1n) is 20.7. The van der Waals surface area contributed by atoms with Crippen molar-refractivity contribution in [1.82, 2.24) is 0 Å². The van der Waals surface area contributed by atoms with Crippen molar-refractivity contribution < 1.29 is 28.6 Å². The minimum Gasteiger partial charge on any atom is -0.462 e. The zero-order valence-electron chi connectivity index (χ0n) is 32.0. The van der Waals surface area contributed by atoms with Crippen LogP contribution in [0.15, 0.2) is 12.2 Å². The largest absolute Gasteiger partial charge is 0.462 e. The fourth-order valence-electron chi connectivity index (χ4n) is 5.83. The Morgan fingerprint density at radius 2 is 0.708 bits per heavy atom. The van der Waals surface area contributed by atoms with Crippen LogP contribution in [0.5, 0.6) is 0 Å². The number of hydrogen-bond acceptors (Lipinski definition) is 6. The van der Waals surface area contributed by atoms with Crippen LogP contribution in [0.3, 0.4) is 0 Å². The van der Waals surface area contributed by atoms with Crippen LogP contribution in [0, 0.1) is 0 Å². The molecule has 6 nitrogen and oxygen atoms in total. The average Bonchev–Trinajstić information content (AvgIpc) is 3.08. The van der Waals surface area contributed by atoms with Gasteiger partial charge >= 0.3 is 17.9 Å². The predicted octanol–water partition coefficient (Wildman–Crippen LogP) is 12.7. The average molecular weight is 679 g/mol. The van der Waals surface area contributed by atoms with Crippen LogP contribution in [-0.2, 0) is 28.6 Å². The SMILES string of the molecule is CCCC/C=C\CCCCCCCC(=O)OC(COC(=O)CCCCCCC)COC(=O)CCCCCCCCCCCCCCCC. The molecule has 48 heavy (non-hydrogen) atoms. The standard InChI is InChI=1S/C42H78O6/c1-4-7-10-13-15-17-19-20-21-23-24-26-29-32-35-41(44)47-38-39(37-46-40(43)34-31-28-12-9-6-3)48-42(45)36-33-30-27-25-22-18-16-14-11-8-5-2/h14,16,39H,4-13,15,17-38H2,1-3H3/b16-14-. The van der Waals surface area contributed by atoms with E-state index in [4.69, 9.17) is 14.2 Å². The molecule has 0 heterocycles. The first-order chi connectivity index (χ1) is 23.5. The van der Waals surface area contributed by atoms with Crippen LogP contribution >= 0.6 is 0 Å². The van der Waals surface area contributed by atoms with Gasteiger partial charge in [0.2, 0.25) is 0 Å². The fraction of sp³-hybridized carbons (Fsp3) is 0.881. The van der Waals surface area contributed by atoms with E-state index in [1.54, 1.807) is 0 Å². The van der Waals surface area contributed by atoms with Crippen molar-refractivity contribution in [2.24, 2.45) is 0 Å². The van der Waals surface area contributed by atoms with Gasteiger partial charge in [0.25, 0.3) is 0 Å². The van der Waals surface area contributed by atoms with Crippen LogP contribution in [0.1, 0.15) is 220 Å². The van der Waals surface area contributed by atoms with Gasteiger partial charge in [0.15, 0.2) is 6.10 Å². The monoisotopic (exact) mass is 679 g/mol. The van der Waals surface area contributed by atoms with Gasteiger partial charge in [0.05, 0.1) is 0 Å². The highest BCUT2D eigenvalue weighted by atomic mass is 16.6. The third kappa shape index (κ3) is 35.5. The molecule has 6 heteroatoms. The van der Waals surface area contributed by atoms with Crippen molar-refractivity contribution in [3.63, 3.8) is 0 Å². The minimum absolute atomic E-state index is 0.0707. The van der Waals surface area contributed by atoms with Crippen LogP contribution in [0.4, 0.5) is 0 Å². The van der Waals surface area contributed by atoms with E-state index in [-0.39, 0.29) is 31.1 Å². The Balaban J connectivity index is 4.23. The summed E-state index contributed by atoms with van der Waals surface area (Å²) < 4.78 is 16.5. The van der Waals surface area contributed by atoms with Crippen LogP contribution in [-0.4, -0.2) is 37.2 Å². The fourth-order valence-corrected chi connectivity index (χ4v) is 5.83. The van der Waals surface area contributed by atoms with Gasteiger partial charge in [-0.1, -0.05) is 174 Å². The highest BCUT2D eigenvalue weighted by Gasteiger charge is 2.19. The molecule has 0 aromatic heterocycles. The molecule has 282 valence electrons. The Morgan fingerprint density at radius 1 is 0.396 bits per heavy atom. The van der Waals surface area contributed by atoms with Gasteiger partial charge in [0, 0.05) is 19.3 Å². The Morgan fingerprint density at radius 3 is 1.10 bits per heavy atom. The van der Waals surface area contributed by atoms with Gasteiger partial charge < -0.3 is 14.2 Å². The quantitative estimate of drug-likeness (QED) is 0.0282. The molecule has 1 atom stereocenters. The number of carbonyl (C=O) groups is 3. The number of ether oxygens (including phenoxy) is 3. The smallest absolute Gasteiger partial charge is 0.306 e. The number of hydrogen-bond donors (Lipinski definition) is 0. The zero-order valence-corrected chi connectivity index (χ0v) is 32.0. The highest BCUT2D eigenvalue weighted by molar-refractivity contribution is 5.71. The summed E-state index contributed by atoms with van der Waals surface area (Å²) in [6.45, 7) is 6.50. The Bertz CT molecular complexity index is 748. The molecule has 0 aromatic rings. The van der Waals surface area contributed by atoms with E-state index in [0.29, 0.717) is 19.3 Å². The van der Waals surface area contributed by atoms with Crippen molar-refractivity contribution in [2.45, 2.75) is 226 Å². The third-order valence-electron chi connectivity index (χ3n) is 9.02. The lowest BCUT2D eigenvalue weighted by Crippen LogP contribution is -2.30. The molecule has 0 aliphatic rings. The van der Waals surface area contributed by atoms with E-state index in [1.807, 2.05) is 0 Å². The maximum atomic E-state index is 12.6. The van der Waals surface area contributed by atoms with Crippen molar-refractivity contribution >= 4 is 17.9 Å². The molecule has 1 unspecified atom stereocenters. The van der Waals surface area contributed by atoms with Gasteiger partial charge in [-0.2, -0.15) is 0 Å². The molecule has 0 N–H and O–H groups in total. The van der Waals surface area contributed by atoms with E-state index in [1.165, 1.54) is 109 Å². The summed E-state index contributed by atoms with van der Waals surface area (Å²) in [5.41, 5.74) is 0. The van der Waals surface area contributed by atoms with Crippen LogP contribution in [0.2, 0.25) is 0 Å². The summed E-state index contributed by atoms with van der Waals surface area (Å²) in [7, 11) is 0. The molecule has 0 fully saturated rings. The lowest BCUT2D eigenvalue weighted by atomic mass is 10.0. The number of carbonyl (C=O) groups excluding carboxylic acids is 3. The number of rotatable bonds is 37. The molecule has 0 saturated heterocycles. The summed E-state index contributed by atoms with van der Waals surface area (Å²) in [6, 6.07) is 0. The van der Waals surface area contributed by atoms with Crippen molar-refractivity contribution in [3.05, 3.63) is 12.2 Å². The van der Waals surface area contributed by atoms with Gasteiger partial charge in [-0.15, -0.1) is 0 Å². The zero-order chi connectivity index (χ0) is 35.2. The molecule has 0 aliphatic carbocycles. The van der Waals surface area contributed by atoms with Crippen LogP contribution < -0.4 is 0 Å². The Labute approximate surface area is 297 Å². The third-order valence-corrected chi connectivity index (χ3v) is 9.02. The number of allylic oxidation sites excluding steroid dienone is 2. The lowest BCUT2D eigenvalue weighted by Gasteiger charge is -2.18. The Hall–Kier alpha value is -1.85. The molecule has 0 spiro atoms. The second-order valence-corrected chi connectivity index (χ2v) is 13.9. The van der Waals surface area contributed by atoms with Gasteiger partial charge in [-0.3, -0.25) is 14.4 Å². The second kappa shape index (κ2) is 38.0. The van der Waals surface area contributed by atoms with E-state index >= 15 is 0 Å². The number of esters is 3. The first kappa shape index (κ1) is 46.1. The van der Waals surface area contributed by atoms with Gasteiger partial charge in [-0.05, 0) is 38.5 Å². The molecule has 0 saturated carbocycles. The molecule has 0 aliphatic heterocycles. The number of unbranched alkanes of at least 4 members (excludes halogenated alkanes) is 24. The lowest BCUT2D eigenvalue weighted by molar-refractivity contribution is -0.167. The van der Waals surface area contributed by atoms with Gasteiger partial charge in [-0.25, -0.2) is 0 Å². The van der Waals surface area contributed by atoms with Crippen molar-refractivity contribution in [2.75, 3.05) is 13.2 Å². The maximum Gasteiger partial charge on any atom is 0.306 e. The molecular formula is C42H78O6. The van der Waals surface area contributed by atoms with E-state index < -0.39 is 6.10 Å². The summed E-state index contributed by atoms with van der Waals surface area (Å²) in [6.07, 6.45) is 37.9. The van der Waals surface area contributed by atoms with Crippen molar-refractivity contribution in [1.29, 1.82) is 0 Å². The van der Waals surface area contributed by atoms with Crippen LogP contribution in [0.25, 0.3) is 0 Å². The highest BCUT2D eigenvalue weighted by Crippen LogP contribution is 2.14. The molecule has 0 amide bonds. The summed E-state index contributed by atoms with van der Waals surface area (Å²) in [5, 5.41) is 0. The summed E-state index contributed by atoms with van der Waals surface area (Å²) >= 11 is 0. The second-order valence-electron chi connectivity index (χ2n) is 13.9. The first-order valence-corrected chi connectivity index (χ1v) is 20.7. The maximum absolute atomic E-state index is 12.6. The minimum atomic E-state index is -0.763. The van der Waals surface area contributed by atoms with Gasteiger partial charge in [0.1, 0.15) is 13.2 Å². The predicted molar refractivity (Wildman–Crippen MR) is 201 cm³/mol. The van der Waals surface area contributed by atoms with Crippen molar-refractivity contribution in [3.8, 4) is 0 Å². The van der Waals surface area contributed by atoms with E-state index in [9.17, 15) is 14.4 Å². The topological polar surface area (TPSA) is 78.9 Å². The molecule has 0 rings (SSSR count).